The zero-order valence-corrected chi connectivity index (χ0v) is 10.4. The van der Waals surface area contributed by atoms with Crippen LogP contribution >= 0.6 is 0 Å². The molecule has 7 heteroatoms. The van der Waals surface area contributed by atoms with E-state index < -0.39 is 23.5 Å². The Morgan fingerprint density at radius 1 is 1.41 bits per heavy atom. The molecule has 0 fully saturated rings. The van der Waals surface area contributed by atoms with E-state index >= 15 is 0 Å². The number of rotatable bonds is 5. The average Bonchev–Trinajstić information content (AvgIpc) is 2.27. The maximum atomic E-state index is 11.6. The van der Waals surface area contributed by atoms with Gasteiger partial charge in [-0.2, -0.15) is 0 Å². The van der Waals surface area contributed by atoms with Crippen molar-refractivity contribution in [3.8, 4) is 0 Å². The Labute approximate surface area is 99.7 Å². The van der Waals surface area contributed by atoms with Crippen molar-refractivity contribution in [2.45, 2.75) is 25.8 Å². The van der Waals surface area contributed by atoms with E-state index in [0.717, 1.165) is 4.90 Å². The average molecular weight is 246 g/mol. The van der Waals surface area contributed by atoms with Crippen LogP contribution in [0, 0.1) is 0 Å². The van der Waals surface area contributed by atoms with Crippen molar-refractivity contribution in [1.82, 2.24) is 10.2 Å². The number of carbonyl (C=O) groups is 3. The number of methoxy groups -OCH3 is 1. The molecule has 0 aromatic rings. The number of urea groups is 1. The monoisotopic (exact) mass is 246 g/mol. The van der Waals surface area contributed by atoms with Gasteiger partial charge in [0.2, 0.25) is 0 Å². The van der Waals surface area contributed by atoms with Crippen molar-refractivity contribution in [2.75, 3.05) is 20.7 Å². The molecule has 0 rings (SSSR count). The number of nitrogens with one attached hydrogen (secondary N) is 1. The molecule has 0 spiro atoms. The SMILES string of the molecule is CCC(C)(NC(=O)N(C)CC(=O)OC)C(=O)O. The summed E-state index contributed by atoms with van der Waals surface area (Å²) in [4.78, 5) is 34.6. The lowest BCUT2D eigenvalue weighted by atomic mass is 10.00. The largest absolute Gasteiger partial charge is 0.480 e. The summed E-state index contributed by atoms with van der Waals surface area (Å²) in [5.41, 5.74) is -1.35. The van der Waals surface area contributed by atoms with Gasteiger partial charge in [0.25, 0.3) is 0 Å². The Morgan fingerprint density at radius 3 is 2.29 bits per heavy atom. The summed E-state index contributed by atoms with van der Waals surface area (Å²) in [6.45, 7) is 2.82. The highest BCUT2D eigenvalue weighted by molar-refractivity contribution is 5.87. The summed E-state index contributed by atoms with van der Waals surface area (Å²) < 4.78 is 4.40. The predicted octanol–water partition coefficient (Wildman–Crippen LogP) is 0.0541. The molecule has 0 saturated heterocycles. The second-order valence-corrected chi connectivity index (χ2v) is 3.85. The van der Waals surface area contributed by atoms with Crippen molar-refractivity contribution in [2.24, 2.45) is 0 Å². The first-order chi connectivity index (χ1) is 7.76. The molecule has 7 nitrogen and oxygen atoms in total. The van der Waals surface area contributed by atoms with Crippen molar-refractivity contribution >= 4 is 18.0 Å². The van der Waals surface area contributed by atoms with Crippen LogP contribution in [0.1, 0.15) is 20.3 Å². The third-order valence-corrected chi connectivity index (χ3v) is 2.50. The van der Waals surface area contributed by atoms with Crippen LogP contribution in [0.3, 0.4) is 0 Å². The van der Waals surface area contributed by atoms with Crippen LogP contribution in [0.4, 0.5) is 4.79 Å². The second kappa shape index (κ2) is 6.07. The van der Waals surface area contributed by atoms with Crippen molar-refractivity contribution in [1.29, 1.82) is 0 Å². The van der Waals surface area contributed by atoms with E-state index in [0.29, 0.717) is 0 Å². The molecule has 0 bridgehead atoms. The summed E-state index contributed by atoms with van der Waals surface area (Å²) in [5, 5.41) is 11.3. The fourth-order valence-electron chi connectivity index (χ4n) is 0.955. The number of ether oxygens (including phenoxy) is 1. The smallest absolute Gasteiger partial charge is 0.329 e. The van der Waals surface area contributed by atoms with E-state index in [1.54, 1.807) is 6.92 Å². The molecule has 1 atom stereocenters. The number of hydrogen-bond donors (Lipinski definition) is 2. The van der Waals surface area contributed by atoms with Crippen LogP contribution in [0.25, 0.3) is 0 Å². The summed E-state index contributed by atoms with van der Waals surface area (Å²) in [5.74, 6) is -1.70. The Hall–Kier alpha value is -1.79. The van der Waals surface area contributed by atoms with Gasteiger partial charge in [0.1, 0.15) is 12.1 Å². The lowest BCUT2D eigenvalue weighted by Crippen LogP contribution is -2.55. The first-order valence-electron chi connectivity index (χ1n) is 5.10. The summed E-state index contributed by atoms with van der Waals surface area (Å²) in [6.07, 6.45) is 0.236. The molecule has 0 aliphatic heterocycles. The van der Waals surface area contributed by atoms with Gasteiger partial charge < -0.3 is 20.1 Å². The third-order valence-electron chi connectivity index (χ3n) is 2.50. The van der Waals surface area contributed by atoms with Crippen LogP contribution in [-0.4, -0.2) is 54.2 Å². The van der Waals surface area contributed by atoms with Gasteiger partial charge in [-0.25, -0.2) is 9.59 Å². The molecule has 2 N–H and O–H groups in total. The Balaban J connectivity index is 4.52. The van der Waals surface area contributed by atoms with Gasteiger partial charge in [-0.1, -0.05) is 6.92 Å². The van der Waals surface area contributed by atoms with Gasteiger partial charge in [0, 0.05) is 7.05 Å². The molecular formula is C10H18N2O5. The van der Waals surface area contributed by atoms with E-state index in [9.17, 15) is 14.4 Å². The van der Waals surface area contributed by atoms with E-state index in [1.165, 1.54) is 21.1 Å². The van der Waals surface area contributed by atoms with E-state index in [2.05, 4.69) is 10.1 Å². The number of esters is 1. The lowest BCUT2D eigenvalue weighted by molar-refractivity contribution is -0.143. The van der Waals surface area contributed by atoms with Crippen LogP contribution in [-0.2, 0) is 14.3 Å². The number of nitrogens with zero attached hydrogens (tertiary/aromatic N) is 1. The van der Waals surface area contributed by atoms with Crippen LogP contribution < -0.4 is 5.32 Å². The fourth-order valence-corrected chi connectivity index (χ4v) is 0.955. The van der Waals surface area contributed by atoms with Crippen LogP contribution in [0.5, 0.6) is 0 Å². The predicted molar refractivity (Wildman–Crippen MR) is 59.5 cm³/mol. The van der Waals surface area contributed by atoms with Crippen molar-refractivity contribution in [3.05, 3.63) is 0 Å². The molecule has 0 aliphatic carbocycles. The molecule has 0 aromatic heterocycles. The first kappa shape index (κ1) is 15.2. The molecule has 0 aliphatic rings. The second-order valence-electron chi connectivity index (χ2n) is 3.85. The van der Waals surface area contributed by atoms with E-state index in [4.69, 9.17) is 5.11 Å². The van der Waals surface area contributed by atoms with Crippen LogP contribution in [0.15, 0.2) is 0 Å². The number of carbonyl (C=O) groups excluding carboxylic acids is 2. The van der Waals surface area contributed by atoms with Gasteiger partial charge in [0.05, 0.1) is 7.11 Å². The minimum absolute atomic E-state index is 0.234. The maximum absolute atomic E-state index is 11.6. The molecule has 1 unspecified atom stereocenters. The number of carboxylic acids is 1. The summed E-state index contributed by atoms with van der Waals surface area (Å²) in [7, 11) is 2.59. The third kappa shape index (κ3) is 4.29. The lowest BCUT2D eigenvalue weighted by Gasteiger charge is -2.27. The zero-order chi connectivity index (χ0) is 13.6. The number of amides is 2. The summed E-state index contributed by atoms with van der Waals surface area (Å²) >= 11 is 0. The highest BCUT2D eigenvalue weighted by Crippen LogP contribution is 2.09. The first-order valence-corrected chi connectivity index (χ1v) is 5.10. The molecular weight excluding hydrogens is 228 g/mol. The molecule has 0 heterocycles. The molecule has 98 valence electrons. The molecule has 0 saturated carbocycles. The van der Waals surface area contributed by atoms with Gasteiger partial charge >= 0.3 is 18.0 Å². The Bertz CT molecular complexity index is 318. The quantitative estimate of drug-likeness (QED) is 0.668. The molecule has 17 heavy (non-hydrogen) atoms. The molecule has 2 amide bonds. The topological polar surface area (TPSA) is 95.9 Å². The molecule has 0 radical (unpaired) electrons. The number of aliphatic carboxylic acids is 1. The van der Waals surface area contributed by atoms with Gasteiger partial charge in [-0.15, -0.1) is 0 Å². The minimum Gasteiger partial charge on any atom is -0.480 e. The fraction of sp³-hybridized carbons (Fsp3) is 0.700. The van der Waals surface area contributed by atoms with Crippen LogP contribution in [0.2, 0.25) is 0 Å². The number of hydrogen-bond acceptors (Lipinski definition) is 4. The molecule has 0 aromatic carbocycles. The van der Waals surface area contributed by atoms with Crippen molar-refractivity contribution in [3.63, 3.8) is 0 Å². The standard InChI is InChI=1S/C10H18N2O5/c1-5-10(2,8(14)15)11-9(16)12(3)6-7(13)17-4/h5-6H2,1-4H3,(H,11,16)(H,14,15). The maximum Gasteiger partial charge on any atom is 0.329 e. The Kier molecular flexibility index (Phi) is 5.43. The number of carboxylic acid groups (broad SMARTS) is 1. The van der Waals surface area contributed by atoms with E-state index in [-0.39, 0.29) is 13.0 Å². The highest BCUT2D eigenvalue weighted by Gasteiger charge is 2.33. The van der Waals surface area contributed by atoms with Gasteiger partial charge in [0.15, 0.2) is 0 Å². The van der Waals surface area contributed by atoms with E-state index in [1.807, 2.05) is 0 Å². The van der Waals surface area contributed by atoms with Gasteiger partial charge in [-0.3, -0.25) is 4.79 Å². The van der Waals surface area contributed by atoms with Crippen molar-refractivity contribution < 1.29 is 24.2 Å². The summed E-state index contributed by atoms with van der Waals surface area (Å²) in [6, 6.07) is -0.637. The normalized spacial score (nSPS) is 13.4. The highest BCUT2D eigenvalue weighted by atomic mass is 16.5. The van der Waals surface area contributed by atoms with Gasteiger partial charge in [-0.05, 0) is 13.3 Å². The zero-order valence-electron chi connectivity index (χ0n) is 10.4. The number of likely N-dealkylation sites (N-methyl/N-ethyl adjacent to an activating group) is 1. The minimum atomic E-state index is -1.35. The Morgan fingerprint density at radius 2 is 1.94 bits per heavy atom.